The van der Waals surface area contributed by atoms with E-state index in [1.807, 2.05) is 0 Å². The lowest BCUT2D eigenvalue weighted by Crippen LogP contribution is -2.39. The van der Waals surface area contributed by atoms with E-state index in [0.717, 1.165) is 10.5 Å². The van der Waals surface area contributed by atoms with Crippen LogP contribution in [-0.4, -0.2) is 17.9 Å². The van der Waals surface area contributed by atoms with E-state index in [4.69, 9.17) is 10.0 Å². The predicted molar refractivity (Wildman–Crippen MR) is 146 cm³/mol. The van der Waals surface area contributed by atoms with E-state index in [-0.39, 0.29) is 0 Å². The molecule has 0 N–H and O–H groups in total. The van der Waals surface area contributed by atoms with Gasteiger partial charge in [0.05, 0.1) is 21.8 Å². The Morgan fingerprint density at radius 1 is 0.472 bits per heavy atom. The molecule has 0 amide bonds. The number of hydrogen-bond donors (Lipinski definition) is 0. The molecule has 2 aliphatic carbocycles. The molecule has 6 rings (SSSR count). The molecule has 0 heterocycles. The summed E-state index contributed by atoms with van der Waals surface area (Å²) in [6.45, 7) is 0. The van der Waals surface area contributed by atoms with Crippen LogP contribution in [-0.2, 0) is 21.8 Å². The Balaban J connectivity index is 0.000000148. The van der Waals surface area contributed by atoms with Crippen LogP contribution >= 0.6 is 0 Å². The fourth-order valence-corrected chi connectivity index (χ4v) is 9.02. The van der Waals surface area contributed by atoms with Gasteiger partial charge in [-0.25, -0.2) is 0 Å². The standard InChI is InChI=1S/2C15H15S.BFO2/c2*1-3-7-13(8-4-1)16(15-11-12-15)14-9-5-2-6-10-14;2-1(3)4/h2*1-10,15H,11-12H2;/q2*+1;-2. The van der Waals surface area contributed by atoms with Gasteiger partial charge in [0, 0.05) is 25.7 Å². The third-order valence-corrected chi connectivity index (χ3v) is 11.1. The molecule has 0 aromatic heterocycles. The molecule has 2 saturated carbocycles. The molecule has 184 valence electrons. The van der Waals surface area contributed by atoms with Crippen molar-refractivity contribution in [2.24, 2.45) is 0 Å². The molecular weight excluding hydrogens is 486 g/mol. The van der Waals surface area contributed by atoms with Crippen molar-refractivity contribution in [3.05, 3.63) is 121 Å². The third-order valence-electron chi connectivity index (χ3n) is 5.70. The molecule has 0 saturated heterocycles. The molecule has 0 bridgehead atoms. The van der Waals surface area contributed by atoms with Crippen molar-refractivity contribution < 1.29 is 14.4 Å². The van der Waals surface area contributed by atoms with Crippen LogP contribution in [0.2, 0.25) is 0 Å². The van der Waals surface area contributed by atoms with Gasteiger partial charge in [-0.1, -0.05) is 72.8 Å². The van der Waals surface area contributed by atoms with Crippen molar-refractivity contribution in [1.29, 1.82) is 0 Å². The summed E-state index contributed by atoms with van der Waals surface area (Å²) < 4.78 is 9.89. The Bertz CT molecular complexity index is 970. The Morgan fingerprint density at radius 2 is 0.667 bits per heavy atom. The molecule has 2 fully saturated rings. The lowest BCUT2D eigenvalue weighted by molar-refractivity contribution is -0.366. The van der Waals surface area contributed by atoms with E-state index in [9.17, 15) is 4.32 Å². The van der Waals surface area contributed by atoms with Crippen LogP contribution in [0.25, 0.3) is 0 Å². The number of halogens is 1. The molecule has 0 radical (unpaired) electrons. The number of rotatable bonds is 6. The molecule has 36 heavy (non-hydrogen) atoms. The SMILES string of the molecule is [O-]B([O-])F.c1ccc([S+](c2ccccc2)C2CC2)cc1.c1ccc([S+](c2ccccc2)C2CC2)cc1. The second-order valence-corrected chi connectivity index (χ2v) is 13.2. The maximum atomic E-state index is 9.89. The first-order valence-electron chi connectivity index (χ1n) is 12.3. The topological polar surface area (TPSA) is 46.1 Å². The van der Waals surface area contributed by atoms with Gasteiger partial charge in [-0.3, -0.25) is 0 Å². The van der Waals surface area contributed by atoms with E-state index in [2.05, 4.69) is 121 Å². The maximum absolute atomic E-state index is 9.89. The van der Waals surface area contributed by atoms with Crippen molar-refractivity contribution in [2.45, 2.75) is 55.8 Å². The van der Waals surface area contributed by atoms with Gasteiger partial charge in [-0.15, -0.1) is 0 Å². The normalized spacial score (nSPS) is 14.4. The van der Waals surface area contributed by atoms with Gasteiger partial charge >= 0.3 is 0 Å². The lowest BCUT2D eigenvalue weighted by Gasteiger charge is -2.09. The summed E-state index contributed by atoms with van der Waals surface area (Å²) in [5.41, 5.74) is 0. The molecule has 2 nitrogen and oxygen atoms in total. The zero-order chi connectivity index (χ0) is 25.2. The Kier molecular flexibility index (Phi) is 10.1. The largest absolute Gasteiger partial charge is 0.867 e. The van der Waals surface area contributed by atoms with Gasteiger partial charge < -0.3 is 14.4 Å². The maximum Gasteiger partial charge on any atom is 0.160 e. The zero-order valence-corrected chi connectivity index (χ0v) is 21.8. The first kappa shape index (κ1) is 26.6. The second-order valence-electron chi connectivity index (χ2n) is 8.60. The van der Waals surface area contributed by atoms with Crippen LogP contribution in [0.5, 0.6) is 0 Å². The summed E-state index contributed by atoms with van der Waals surface area (Å²) in [7, 11) is -2.55. The molecule has 4 aromatic rings. The zero-order valence-electron chi connectivity index (χ0n) is 20.1. The van der Waals surface area contributed by atoms with Gasteiger partial charge in [0.15, 0.2) is 19.6 Å². The van der Waals surface area contributed by atoms with Crippen molar-refractivity contribution in [3.8, 4) is 0 Å². The van der Waals surface area contributed by atoms with E-state index in [0.29, 0.717) is 21.8 Å². The second kappa shape index (κ2) is 13.7. The highest BCUT2D eigenvalue weighted by molar-refractivity contribution is 7.98. The summed E-state index contributed by atoms with van der Waals surface area (Å²) >= 11 is 0. The van der Waals surface area contributed by atoms with Crippen molar-refractivity contribution in [3.63, 3.8) is 0 Å². The molecule has 0 aliphatic heterocycles. The highest BCUT2D eigenvalue weighted by atomic mass is 32.2. The third kappa shape index (κ3) is 8.27. The minimum atomic E-state index is -3.17. The molecule has 2 aliphatic rings. The van der Waals surface area contributed by atoms with Crippen LogP contribution in [0.1, 0.15) is 25.7 Å². The number of hydrogen-bond acceptors (Lipinski definition) is 2. The summed E-state index contributed by atoms with van der Waals surface area (Å²) in [6, 6.07) is 43.8. The van der Waals surface area contributed by atoms with Crippen LogP contribution < -0.4 is 10.0 Å². The molecule has 0 atom stereocenters. The Morgan fingerprint density at radius 3 is 0.833 bits per heavy atom. The van der Waals surface area contributed by atoms with Gasteiger partial charge in [-0.05, 0) is 48.5 Å². The van der Waals surface area contributed by atoms with Crippen molar-refractivity contribution in [2.75, 3.05) is 0 Å². The molecular formula is C30H30BFO2S2. The predicted octanol–water partition coefficient (Wildman–Crippen LogP) is 5.43. The average Bonchev–Trinajstić information content (AvgIpc) is 3.84. The summed E-state index contributed by atoms with van der Waals surface area (Å²) in [6.07, 6.45) is 5.58. The van der Waals surface area contributed by atoms with Gasteiger partial charge in [0.25, 0.3) is 0 Å². The highest BCUT2D eigenvalue weighted by Crippen LogP contribution is 2.40. The van der Waals surface area contributed by atoms with Crippen LogP contribution in [0.4, 0.5) is 4.32 Å². The van der Waals surface area contributed by atoms with Crippen LogP contribution in [0.15, 0.2) is 141 Å². The number of benzene rings is 4. The summed E-state index contributed by atoms with van der Waals surface area (Å²) in [5.74, 6) is 0. The first-order valence-corrected chi connectivity index (χ1v) is 14.8. The Labute approximate surface area is 220 Å². The summed E-state index contributed by atoms with van der Waals surface area (Å²) in [4.78, 5) is 5.99. The van der Waals surface area contributed by atoms with Gasteiger partial charge in [0.1, 0.15) is 17.9 Å². The van der Waals surface area contributed by atoms with Crippen molar-refractivity contribution in [1.82, 2.24) is 0 Å². The van der Waals surface area contributed by atoms with E-state index in [1.54, 1.807) is 0 Å². The quantitative estimate of drug-likeness (QED) is 0.253. The highest BCUT2D eigenvalue weighted by Gasteiger charge is 2.44. The smallest absolute Gasteiger partial charge is 0.160 e. The van der Waals surface area contributed by atoms with Crippen LogP contribution in [0, 0.1) is 0 Å². The molecule has 0 unspecified atom stereocenters. The van der Waals surface area contributed by atoms with Gasteiger partial charge in [-0.2, -0.15) is 0 Å². The van der Waals surface area contributed by atoms with Gasteiger partial charge in [0.2, 0.25) is 0 Å². The minimum Gasteiger partial charge on any atom is -0.867 e. The van der Waals surface area contributed by atoms with E-state index < -0.39 is 7.40 Å². The average molecular weight is 517 g/mol. The molecule has 0 spiro atoms. The fourth-order valence-electron chi connectivity index (χ4n) is 3.92. The molecule has 4 aromatic carbocycles. The van der Waals surface area contributed by atoms with E-state index >= 15 is 0 Å². The summed E-state index contributed by atoms with van der Waals surface area (Å²) in [5, 5.41) is 18.4. The first-order chi connectivity index (χ1) is 17.6. The van der Waals surface area contributed by atoms with Crippen LogP contribution in [0.3, 0.4) is 0 Å². The van der Waals surface area contributed by atoms with Crippen molar-refractivity contribution >= 4 is 29.2 Å². The molecule has 6 heteroatoms. The monoisotopic (exact) mass is 516 g/mol. The minimum absolute atomic E-state index is 0.308. The van der Waals surface area contributed by atoms with E-state index in [1.165, 1.54) is 45.3 Å². The Hall–Kier alpha value is -2.51. The fraction of sp³-hybridized carbons (Fsp3) is 0.200. The lowest BCUT2D eigenvalue weighted by atomic mass is 10.3.